The van der Waals surface area contributed by atoms with Gasteiger partial charge in [-0.05, 0) is 64.3 Å². The van der Waals surface area contributed by atoms with Crippen LogP contribution in [-0.4, -0.2) is 29.3 Å². The predicted molar refractivity (Wildman–Crippen MR) is 124 cm³/mol. The maximum atomic E-state index is 12.0. The van der Waals surface area contributed by atoms with Gasteiger partial charge in [-0.15, -0.1) is 0 Å². The van der Waals surface area contributed by atoms with E-state index in [4.69, 9.17) is 9.47 Å². The number of nitrogens with one attached hydrogen (secondary N) is 2. The summed E-state index contributed by atoms with van der Waals surface area (Å²) in [5.41, 5.74) is 1.75. The fraction of sp³-hybridized carbons (Fsp3) is 0.640. The average Bonchev–Trinajstić information content (AvgIpc) is 3.04. The number of alkyl carbamates (subject to hydrolysis) is 1. The Morgan fingerprint density at radius 2 is 1.80 bits per heavy atom. The number of aromatic amines is 1. The number of H-pyrrole nitrogens is 1. The van der Waals surface area contributed by atoms with Gasteiger partial charge in [0.15, 0.2) is 0 Å². The van der Waals surface area contributed by atoms with Crippen LogP contribution in [0.25, 0.3) is 10.9 Å². The number of amides is 1. The molecule has 0 aliphatic carbocycles. The third-order valence-corrected chi connectivity index (χ3v) is 5.04. The topological polar surface area (TPSA) is 63.3 Å². The van der Waals surface area contributed by atoms with E-state index in [-0.39, 0.29) is 12.1 Å². The number of carbonyl (C=O) groups excluding carboxylic acids is 1. The van der Waals surface area contributed by atoms with Crippen molar-refractivity contribution in [2.24, 2.45) is 0 Å². The van der Waals surface area contributed by atoms with Crippen LogP contribution in [0.3, 0.4) is 0 Å². The molecule has 2 N–H and O–H groups in total. The summed E-state index contributed by atoms with van der Waals surface area (Å²) in [4.78, 5) is 15.3. The van der Waals surface area contributed by atoms with Crippen LogP contribution in [0.2, 0.25) is 0 Å². The Morgan fingerprint density at radius 3 is 2.50 bits per heavy atom. The van der Waals surface area contributed by atoms with Crippen molar-refractivity contribution in [1.29, 1.82) is 0 Å². The number of rotatable bonds is 12. The number of aromatic nitrogens is 1. The molecule has 0 fully saturated rings. The molecule has 0 saturated heterocycles. The first-order valence-electron chi connectivity index (χ1n) is 11.5. The predicted octanol–water partition coefficient (Wildman–Crippen LogP) is 6.75. The zero-order valence-corrected chi connectivity index (χ0v) is 19.5. The summed E-state index contributed by atoms with van der Waals surface area (Å²) in [6.07, 6.45) is 11.3. The molecule has 5 nitrogen and oxygen atoms in total. The second-order valence-electron chi connectivity index (χ2n) is 9.24. The van der Waals surface area contributed by atoms with Crippen LogP contribution in [0.15, 0.2) is 24.4 Å². The number of hydrogen-bond donors (Lipinski definition) is 2. The van der Waals surface area contributed by atoms with E-state index in [0.717, 1.165) is 41.7 Å². The smallest absolute Gasteiger partial charge is 0.407 e. The molecule has 0 spiro atoms. The van der Waals surface area contributed by atoms with Gasteiger partial charge < -0.3 is 19.8 Å². The molecule has 0 saturated carbocycles. The third-order valence-electron chi connectivity index (χ3n) is 5.04. The van der Waals surface area contributed by atoms with Gasteiger partial charge in [-0.3, -0.25) is 0 Å². The van der Waals surface area contributed by atoms with Crippen molar-refractivity contribution >= 4 is 17.0 Å². The molecule has 2 rings (SSSR count). The van der Waals surface area contributed by atoms with Crippen LogP contribution in [-0.2, 0) is 11.2 Å². The first-order valence-corrected chi connectivity index (χ1v) is 11.5. The standard InChI is InChI=1S/C25H40N2O3/c1-6-7-8-9-10-11-12-15-29-21-13-14-23-22(17-21)20(18-26-23)16-19(2)27-24(28)30-25(3,4)5/h13-14,17-19,26H,6-12,15-16H2,1-5H3,(H,27,28). The van der Waals surface area contributed by atoms with Crippen molar-refractivity contribution in [3.05, 3.63) is 30.0 Å². The summed E-state index contributed by atoms with van der Waals surface area (Å²) in [5, 5.41) is 4.06. The van der Waals surface area contributed by atoms with Crippen LogP contribution in [0.1, 0.15) is 85.1 Å². The van der Waals surface area contributed by atoms with Crippen LogP contribution >= 0.6 is 0 Å². The van der Waals surface area contributed by atoms with Crippen molar-refractivity contribution in [1.82, 2.24) is 10.3 Å². The molecule has 0 aliphatic rings. The summed E-state index contributed by atoms with van der Waals surface area (Å²) < 4.78 is 11.3. The Labute approximate surface area is 181 Å². The molecular weight excluding hydrogens is 376 g/mol. The zero-order chi connectivity index (χ0) is 22.0. The van der Waals surface area contributed by atoms with Gasteiger partial charge in [0.2, 0.25) is 0 Å². The Balaban J connectivity index is 1.83. The lowest BCUT2D eigenvalue weighted by molar-refractivity contribution is 0.0508. The average molecular weight is 417 g/mol. The fourth-order valence-electron chi connectivity index (χ4n) is 3.56. The van der Waals surface area contributed by atoms with E-state index < -0.39 is 5.60 Å². The first-order chi connectivity index (χ1) is 14.3. The van der Waals surface area contributed by atoms with E-state index in [0.29, 0.717) is 0 Å². The van der Waals surface area contributed by atoms with Gasteiger partial charge in [0, 0.05) is 23.1 Å². The number of benzene rings is 1. The summed E-state index contributed by atoms with van der Waals surface area (Å²) in [7, 11) is 0. The Kier molecular flexibility index (Phi) is 9.54. The molecule has 2 aromatic rings. The van der Waals surface area contributed by atoms with E-state index >= 15 is 0 Å². The minimum Gasteiger partial charge on any atom is -0.494 e. The molecule has 0 radical (unpaired) electrons. The molecular formula is C25H40N2O3. The lowest BCUT2D eigenvalue weighted by Gasteiger charge is -2.21. The van der Waals surface area contributed by atoms with Gasteiger partial charge in [-0.2, -0.15) is 0 Å². The van der Waals surface area contributed by atoms with Gasteiger partial charge >= 0.3 is 6.09 Å². The fourth-order valence-corrected chi connectivity index (χ4v) is 3.56. The van der Waals surface area contributed by atoms with Crippen LogP contribution in [0.4, 0.5) is 4.79 Å². The Hall–Kier alpha value is -2.17. The molecule has 1 atom stereocenters. The third kappa shape index (κ3) is 8.68. The molecule has 1 amide bonds. The van der Waals surface area contributed by atoms with E-state index in [1.54, 1.807) is 0 Å². The summed E-state index contributed by atoms with van der Waals surface area (Å²) >= 11 is 0. The van der Waals surface area contributed by atoms with E-state index in [9.17, 15) is 4.79 Å². The van der Waals surface area contributed by atoms with Crippen molar-refractivity contribution < 1.29 is 14.3 Å². The maximum Gasteiger partial charge on any atom is 0.407 e. The SMILES string of the molecule is CCCCCCCCCOc1ccc2[nH]cc(CC(C)NC(=O)OC(C)(C)C)c2c1. The normalized spacial score (nSPS) is 12.7. The summed E-state index contributed by atoms with van der Waals surface area (Å²) in [6, 6.07) is 6.15. The summed E-state index contributed by atoms with van der Waals surface area (Å²) in [5.74, 6) is 0.905. The number of fused-ring (bicyclic) bond motifs is 1. The number of carbonyl (C=O) groups is 1. The molecule has 1 unspecified atom stereocenters. The van der Waals surface area contributed by atoms with Crippen molar-refractivity contribution in [2.45, 2.75) is 97.6 Å². The number of ether oxygens (including phenoxy) is 2. The largest absolute Gasteiger partial charge is 0.494 e. The maximum absolute atomic E-state index is 12.0. The Morgan fingerprint density at radius 1 is 1.10 bits per heavy atom. The van der Waals surface area contributed by atoms with E-state index in [1.807, 2.05) is 40.0 Å². The minimum absolute atomic E-state index is 0.0314. The second-order valence-corrected chi connectivity index (χ2v) is 9.24. The monoisotopic (exact) mass is 416 g/mol. The van der Waals surface area contributed by atoms with E-state index in [1.165, 1.54) is 38.5 Å². The number of unbranched alkanes of at least 4 members (excludes halogenated alkanes) is 6. The van der Waals surface area contributed by atoms with Crippen molar-refractivity contribution in [3.63, 3.8) is 0 Å². The van der Waals surface area contributed by atoms with Crippen LogP contribution in [0, 0.1) is 0 Å². The lowest BCUT2D eigenvalue weighted by Crippen LogP contribution is -2.38. The van der Waals surface area contributed by atoms with E-state index in [2.05, 4.69) is 29.4 Å². The van der Waals surface area contributed by atoms with Crippen LogP contribution < -0.4 is 10.1 Å². The molecule has 1 heterocycles. The summed E-state index contributed by atoms with van der Waals surface area (Å²) in [6.45, 7) is 10.6. The highest BCUT2D eigenvalue weighted by atomic mass is 16.6. The highest BCUT2D eigenvalue weighted by Gasteiger charge is 2.18. The lowest BCUT2D eigenvalue weighted by atomic mass is 10.1. The minimum atomic E-state index is -0.494. The van der Waals surface area contributed by atoms with Gasteiger partial charge in [0.1, 0.15) is 11.4 Å². The van der Waals surface area contributed by atoms with Gasteiger partial charge in [0.25, 0.3) is 0 Å². The Bertz CT molecular complexity index is 776. The molecule has 0 bridgehead atoms. The van der Waals surface area contributed by atoms with Gasteiger partial charge in [-0.25, -0.2) is 4.79 Å². The second kappa shape index (κ2) is 11.9. The first kappa shape index (κ1) is 24.1. The quantitative estimate of drug-likeness (QED) is 0.376. The zero-order valence-electron chi connectivity index (χ0n) is 19.5. The molecule has 1 aromatic heterocycles. The molecule has 5 heteroatoms. The van der Waals surface area contributed by atoms with Gasteiger partial charge in [0.05, 0.1) is 6.61 Å². The van der Waals surface area contributed by atoms with Crippen molar-refractivity contribution in [3.8, 4) is 5.75 Å². The molecule has 0 aliphatic heterocycles. The molecule has 1 aromatic carbocycles. The van der Waals surface area contributed by atoms with Gasteiger partial charge in [-0.1, -0.05) is 45.4 Å². The molecule has 168 valence electrons. The highest BCUT2D eigenvalue weighted by Crippen LogP contribution is 2.25. The highest BCUT2D eigenvalue weighted by molar-refractivity contribution is 5.84. The van der Waals surface area contributed by atoms with Crippen LogP contribution in [0.5, 0.6) is 5.75 Å². The van der Waals surface area contributed by atoms with Crippen molar-refractivity contribution in [2.75, 3.05) is 6.61 Å². The molecule has 30 heavy (non-hydrogen) atoms. The number of hydrogen-bond acceptors (Lipinski definition) is 3.